The van der Waals surface area contributed by atoms with Gasteiger partial charge in [0.25, 0.3) is 11.4 Å². The van der Waals surface area contributed by atoms with Crippen LogP contribution in [0.1, 0.15) is 10.4 Å². The zero-order chi connectivity index (χ0) is 19.3. The highest BCUT2D eigenvalue weighted by molar-refractivity contribution is 5.92. The summed E-state index contributed by atoms with van der Waals surface area (Å²) in [6.07, 6.45) is 0. The van der Waals surface area contributed by atoms with Crippen LogP contribution in [0, 0.1) is 20.2 Å². The summed E-state index contributed by atoms with van der Waals surface area (Å²) in [6, 6.07) is 15.7. The summed E-state index contributed by atoms with van der Waals surface area (Å²) in [6.45, 7) is 0. The molecule has 0 saturated heterocycles. The molecule has 3 aromatic rings. The van der Waals surface area contributed by atoms with Crippen molar-refractivity contribution >= 4 is 28.1 Å². The third-order valence-corrected chi connectivity index (χ3v) is 3.35. The maximum atomic E-state index is 10.5. The van der Waals surface area contributed by atoms with Gasteiger partial charge in [-0.1, -0.05) is 30.3 Å². The molecule has 26 heavy (non-hydrogen) atoms. The molecule has 0 aliphatic heterocycles. The van der Waals surface area contributed by atoms with Crippen LogP contribution in [-0.4, -0.2) is 26.0 Å². The molecular weight excluding hydrogens is 344 g/mol. The normalized spacial score (nSPS) is 9.85. The van der Waals surface area contributed by atoms with E-state index < -0.39 is 32.8 Å². The van der Waals surface area contributed by atoms with E-state index in [0.717, 1.165) is 22.9 Å². The number of phenolic OH excluding ortho intramolecular Hbond substituents is 1. The number of aromatic hydroxyl groups is 1. The van der Waals surface area contributed by atoms with E-state index in [-0.39, 0.29) is 0 Å². The standard InChI is InChI=1S/C10H8O.C7H4N2O6/c11-10-6-5-8-3-1-2-4-9(8)7-10;10-7(11)5-2-1-4(8(12)13)3-6(5)9(14)15/h1-7,11H;1-3H,(H,10,11). The van der Waals surface area contributed by atoms with Crippen molar-refractivity contribution in [2.45, 2.75) is 0 Å². The molecule has 2 N–H and O–H groups in total. The monoisotopic (exact) mass is 356 g/mol. The number of phenols is 1. The van der Waals surface area contributed by atoms with E-state index in [4.69, 9.17) is 10.2 Å². The third-order valence-electron chi connectivity index (χ3n) is 3.35. The Kier molecular flexibility index (Phi) is 5.43. The van der Waals surface area contributed by atoms with Gasteiger partial charge in [-0.25, -0.2) is 4.79 Å². The number of carboxylic acid groups (broad SMARTS) is 1. The largest absolute Gasteiger partial charge is 0.508 e. The second-order valence-electron chi connectivity index (χ2n) is 5.05. The number of carbonyl (C=O) groups is 1. The molecule has 0 amide bonds. The molecule has 0 unspecified atom stereocenters. The molecule has 0 bridgehead atoms. The highest BCUT2D eigenvalue weighted by Gasteiger charge is 2.23. The summed E-state index contributed by atoms with van der Waals surface area (Å²) in [7, 11) is 0. The van der Waals surface area contributed by atoms with E-state index in [2.05, 4.69) is 0 Å². The topological polar surface area (TPSA) is 144 Å². The minimum atomic E-state index is -1.50. The van der Waals surface area contributed by atoms with Gasteiger partial charge < -0.3 is 10.2 Å². The second-order valence-corrected chi connectivity index (χ2v) is 5.05. The van der Waals surface area contributed by atoms with Gasteiger partial charge in [0.2, 0.25) is 0 Å². The van der Waals surface area contributed by atoms with Crippen molar-refractivity contribution in [1.82, 2.24) is 0 Å². The summed E-state index contributed by atoms with van der Waals surface area (Å²) >= 11 is 0. The van der Waals surface area contributed by atoms with Crippen molar-refractivity contribution in [3.8, 4) is 5.75 Å². The van der Waals surface area contributed by atoms with Crippen LogP contribution in [0.5, 0.6) is 5.75 Å². The molecule has 0 aliphatic rings. The lowest BCUT2D eigenvalue weighted by Gasteiger charge is -1.97. The van der Waals surface area contributed by atoms with Crippen molar-refractivity contribution in [1.29, 1.82) is 0 Å². The SMILES string of the molecule is O=C(O)c1ccc([N+](=O)[O-])cc1[N+](=O)[O-].Oc1ccc2ccccc2c1. The number of hydrogen-bond donors (Lipinski definition) is 2. The average molecular weight is 356 g/mol. The number of nitrogens with zero attached hydrogens (tertiary/aromatic N) is 2. The number of rotatable bonds is 3. The Hall–Kier alpha value is -4.01. The van der Waals surface area contributed by atoms with Crippen LogP contribution in [0.25, 0.3) is 10.8 Å². The number of non-ortho nitro benzene ring substituents is 1. The lowest BCUT2D eigenvalue weighted by molar-refractivity contribution is -0.394. The first-order valence-electron chi connectivity index (χ1n) is 7.13. The van der Waals surface area contributed by atoms with E-state index in [0.29, 0.717) is 11.8 Å². The molecule has 9 heteroatoms. The average Bonchev–Trinajstić information content (AvgIpc) is 2.61. The van der Waals surface area contributed by atoms with Gasteiger partial charge >= 0.3 is 5.97 Å². The fourth-order valence-electron chi connectivity index (χ4n) is 2.14. The molecular formula is C17H12N2O7. The van der Waals surface area contributed by atoms with E-state index in [9.17, 15) is 25.0 Å². The Balaban J connectivity index is 0.000000195. The zero-order valence-electron chi connectivity index (χ0n) is 13.1. The van der Waals surface area contributed by atoms with Crippen LogP contribution < -0.4 is 0 Å². The van der Waals surface area contributed by atoms with Crippen molar-refractivity contribution in [2.24, 2.45) is 0 Å². The smallest absolute Gasteiger partial charge is 0.342 e. The van der Waals surface area contributed by atoms with Crippen molar-refractivity contribution in [2.75, 3.05) is 0 Å². The van der Waals surface area contributed by atoms with Crippen molar-refractivity contribution in [3.05, 3.63) is 86.5 Å². The summed E-state index contributed by atoms with van der Waals surface area (Å²) in [5.74, 6) is -1.18. The molecule has 3 aromatic carbocycles. The highest BCUT2D eigenvalue weighted by atomic mass is 16.6. The zero-order valence-corrected chi connectivity index (χ0v) is 13.1. The van der Waals surface area contributed by atoms with E-state index in [1.807, 2.05) is 30.3 Å². The van der Waals surface area contributed by atoms with Crippen LogP contribution in [0.2, 0.25) is 0 Å². The quantitative estimate of drug-likeness (QED) is 0.537. The lowest BCUT2D eigenvalue weighted by atomic mass is 10.1. The number of nitro benzene ring substituents is 2. The third kappa shape index (κ3) is 4.29. The maximum absolute atomic E-state index is 10.5. The fourth-order valence-corrected chi connectivity index (χ4v) is 2.14. The van der Waals surface area contributed by atoms with Crippen molar-refractivity contribution < 1.29 is 24.9 Å². The molecule has 0 aromatic heterocycles. The highest BCUT2D eigenvalue weighted by Crippen LogP contribution is 2.24. The molecule has 0 spiro atoms. The molecule has 0 fully saturated rings. The molecule has 0 heterocycles. The molecule has 0 radical (unpaired) electrons. The molecule has 0 aliphatic carbocycles. The predicted molar refractivity (Wildman–Crippen MR) is 92.3 cm³/mol. The predicted octanol–water partition coefficient (Wildman–Crippen LogP) is 3.75. The van der Waals surface area contributed by atoms with Crippen LogP contribution in [0.4, 0.5) is 11.4 Å². The summed E-state index contributed by atoms with van der Waals surface area (Å²) in [5, 5.41) is 40.6. The molecule has 0 atom stereocenters. The lowest BCUT2D eigenvalue weighted by Crippen LogP contribution is -2.03. The van der Waals surface area contributed by atoms with Crippen LogP contribution in [0.3, 0.4) is 0 Å². The number of aromatic carboxylic acids is 1. The molecule has 0 saturated carbocycles. The van der Waals surface area contributed by atoms with Gasteiger partial charge in [-0.2, -0.15) is 0 Å². The van der Waals surface area contributed by atoms with Gasteiger partial charge in [-0.15, -0.1) is 0 Å². The van der Waals surface area contributed by atoms with E-state index in [1.165, 1.54) is 0 Å². The Morgan fingerprint density at radius 2 is 1.50 bits per heavy atom. The van der Waals surface area contributed by atoms with Gasteiger partial charge in [0.1, 0.15) is 11.3 Å². The minimum Gasteiger partial charge on any atom is -0.508 e. The summed E-state index contributed by atoms with van der Waals surface area (Å²) in [5.41, 5.74) is -1.89. The molecule has 9 nitrogen and oxygen atoms in total. The Labute approximate surface area is 146 Å². The Bertz CT molecular complexity index is 1000. The van der Waals surface area contributed by atoms with E-state index >= 15 is 0 Å². The minimum absolute atomic E-state index is 0.323. The van der Waals surface area contributed by atoms with Crippen LogP contribution in [0.15, 0.2) is 60.7 Å². The Morgan fingerprint density at radius 1 is 0.846 bits per heavy atom. The van der Waals surface area contributed by atoms with Gasteiger partial charge in [0.15, 0.2) is 0 Å². The number of fused-ring (bicyclic) bond motifs is 1. The molecule has 3 rings (SSSR count). The number of nitro groups is 2. The maximum Gasteiger partial charge on any atom is 0.342 e. The van der Waals surface area contributed by atoms with Gasteiger partial charge in [-0.3, -0.25) is 20.2 Å². The number of benzene rings is 3. The molecule has 132 valence electrons. The number of carboxylic acids is 1. The van der Waals surface area contributed by atoms with Gasteiger partial charge in [0, 0.05) is 6.07 Å². The first-order chi connectivity index (χ1) is 12.3. The summed E-state index contributed by atoms with van der Waals surface area (Å²) in [4.78, 5) is 29.4. The first kappa shape index (κ1) is 18.3. The second kappa shape index (κ2) is 7.71. The van der Waals surface area contributed by atoms with Crippen LogP contribution in [-0.2, 0) is 0 Å². The van der Waals surface area contributed by atoms with Gasteiger partial charge in [0.05, 0.1) is 15.9 Å². The van der Waals surface area contributed by atoms with Crippen LogP contribution >= 0.6 is 0 Å². The van der Waals surface area contributed by atoms with Crippen molar-refractivity contribution in [3.63, 3.8) is 0 Å². The Morgan fingerprint density at radius 3 is 2.08 bits per heavy atom. The van der Waals surface area contributed by atoms with E-state index in [1.54, 1.807) is 12.1 Å². The first-order valence-corrected chi connectivity index (χ1v) is 7.13. The number of hydrogen-bond acceptors (Lipinski definition) is 6. The fraction of sp³-hybridized carbons (Fsp3) is 0. The van der Waals surface area contributed by atoms with Gasteiger partial charge in [-0.05, 0) is 29.0 Å². The summed E-state index contributed by atoms with van der Waals surface area (Å²) < 4.78 is 0.